The van der Waals surface area contributed by atoms with E-state index in [1.807, 2.05) is 34.6 Å². The van der Waals surface area contributed by atoms with Crippen LogP contribution in [0.1, 0.15) is 34.6 Å². The highest BCUT2D eigenvalue weighted by Gasteiger charge is 2.16. The van der Waals surface area contributed by atoms with Gasteiger partial charge < -0.3 is 10.1 Å². The van der Waals surface area contributed by atoms with Crippen molar-refractivity contribution < 1.29 is 9.53 Å². The van der Waals surface area contributed by atoms with Crippen molar-refractivity contribution in [3.63, 3.8) is 0 Å². The van der Waals surface area contributed by atoms with Crippen molar-refractivity contribution in [3.05, 3.63) is 12.2 Å². The third-order valence-electron chi connectivity index (χ3n) is 1.79. The predicted molar refractivity (Wildman–Crippen MR) is 58.2 cm³/mol. The summed E-state index contributed by atoms with van der Waals surface area (Å²) >= 11 is 0. The Kier molecular flexibility index (Phi) is 4.68. The number of rotatable bonds is 3. The van der Waals surface area contributed by atoms with Crippen LogP contribution in [0.5, 0.6) is 0 Å². The fourth-order valence-electron chi connectivity index (χ4n) is 0.725. The second kappa shape index (κ2) is 5.03. The van der Waals surface area contributed by atoms with Crippen molar-refractivity contribution in [2.75, 3.05) is 6.54 Å². The van der Waals surface area contributed by atoms with Crippen LogP contribution < -0.4 is 5.32 Å². The van der Waals surface area contributed by atoms with E-state index in [0.29, 0.717) is 6.54 Å². The molecule has 0 radical (unpaired) electrons. The van der Waals surface area contributed by atoms with Crippen LogP contribution in [0.15, 0.2) is 12.2 Å². The standard InChI is InChI=1S/C11H21NO2/c1-8(2)9(3)7-12-10(13)14-11(4,5)6/h9H,1,7H2,2-6H3,(H,12,13)/t9-/m1/s1. The molecule has 82 valence electrons. The normalized spacial score (nSPS) is 13.2. The molecular weight excluding hydrogens is 178 g/mol. The molecule has 3 heteroatoms. The van der Waals surface area contributed by atoms with Crippen molar-refractivity contribution in [1.29, 1.82) is 0 Å². The molecule has 0 aliphatic carbocycles. The van der Waals surface area contributed by atoms with Crippen molar-refractivity contribution >= 4 is 6.09 Å². The summed E-state index contributed by atoms with van der Waals surface area (Å²) in [6.45, 7) is 13.9. The van der Waals surface area contributed by atoms with Gasteiger partial charge in [0.1, 0.15) is 5.60 Å². The number of hydrogen-bond acceptors (Lipinski definition) is 2. The first-order chi connectivity index (χ1) is 6.22. The highest BCUT2D eigenvalue weighted by Crippen LogP contribution is 2.08. The first-order valence-corrected chi connectivity index (χ1v) is 4.84. The molecule has 0 heterocycles. The Balaban J connectivity index is 3.81. The summed E-state index contributed by atoms with van der Waals surface area (Å²) in [4.78, 5) is 11.2. The van der Waals surface area contributed by atoms with Gasteiger partial charge in [-0.05, 0) is 33.6 Å². The average molecular weight is 199 g/mol. The fourth-order valence-corrected chi connectivity index (χ4v) is 0.725. The van der Waals surface area contributed by atoms with Crippen LogP contribution in [-0.4, -0.2) is 18.2 Å². The summed E-state index contributed by atoms with van der Waals surface area (Å²) in [7, 11) is 0. The summed E-state index contributed by atoms with van der Waals surface area (Å²) in [5.41, 5.74) is 0.623. The molecule has 1 N–H and O–H groups in total. The second-order valence-electron chi connectivity index (χ2n) is 4.63. The molecule has 3 nitrogen and oxygen atoms in total. The van der Waals surface area contributed by atoms with Gasteiger partial charge in [-0.1, -0.05) is 19.1 Å². The molecule has 0 aromatic heterocycles. The van der Waals surface area contributed by atoms with Gasteiger partial charge in [0.25, 0.3) is 0 Å². The summed E-state index contributed by atoms with van der Waals surface area (Å²) < 4.78 is 5.09. The Morgan fingerprint density at radius 2 is 2.00 bits per heavy atom. The van der Waals surface area contributed by atoms with Gasteiger partial charge in [0.15, 0.2) is 0 Å². The lowest BCUT2D eigenvalue weighted by Gasteiger charge is -2.20. The zero-order chi connectivity index (χ0) is 11.4. The quantitative estimate of drug-likeness (QED) is 0.710. The molecule has 0 rings (SSSR count). The third-order valence-corrected chi connectivity index (χ3v) is 1.79. The van der Waals surface area contributed by atoms with Crippen molar-refractivity contribution in [2.45, 2.75) is 40.2 Å². The minimum absolute atomic E-state index is 0.280. The lowest BCUT2D eigenvalue weighted by Crippen LogP contribution is -2.34. The van der Waals surface area contributed by atoms with E-state index in [4.69, 9.17) is 4.74 Å². The molecule has 0 aliphatic heterocycles. The van der Waals surface area contributed by atoms with Crippen molar-refractivity contribution in [2.24, 2.45) is 5.92 Å². The van der Waals surface area contributed by atoms with Crippen LogP contribution in [0, 0.1) is 5.92 Å². The molecule has 0 bridgehead atoms. The zero-order valence-electron chi connectivity index (χ0n) is 9.81. The third kappa shape index (κ3) is 6.52. The molecule has 0 saturated carbocycles. The molecule has 1 atom stereocenters. The monoisotopic (exact) mass is 199 g/mol. The maximum absolute atomic E-state index is 11.2. The van der Waals surface area contributed by atoms with E-state index in [0.717, 1.165) is 5.57 Å². The van der Waals surface area contributed by atoms with E-state index < -0.39 is 5.60 Å². The second-order valence-corrected chi connectivity index (χ2v) is 4.63. The van der Waals surface area contributed by atoms with Gasteiger partial charge in [-0.25, -0.2) is 4.79 Å². The number of alkyl carbamates (subject to hydrolysis) is 1. The zero-order valence-corrected chi connectivity index (χ0v) is 9.81. The van der Waals surface area contributed by atoms with Gasteiger partial charge in [0.2, 0.25) is 0 Å². The Hall–Kier alpha value is -0.990. The van der Waals surface area contributed by atoms with E-state index in [1.54, 1.807) is 0 Å². The minimum atomic E-state index is -0.434. The molecular formula is C11H21NO2. The molecule has 0 unspecified atom stereocenters. The van der Waals surface area contributed by atoms with Crippen LogP contribution in [0.2, 0.25) is 0 Å². The Morgan fingerprint density at radius 3 is 2.36 bits per heavy atom. The van der Waals surface area contributed by atoms with Gasteiger partial charge in [-0.15, -0.1) is 0 Å². The lowest BCUT2D eigenvalue weighted by molar-refractivity contribution is 0.0523. The molecule has 0 aromatic rings. The smallest absolute Gasteiger partial charge is 0.407 e. The molecule has 1 amide bonds. The van der Waals surface area contributed by atoms with E-state index in [9.17, 15) is 4.79 Å². The first kappa shape index (κ1) is 13.0. The highest BCUT2D eigenvalue weighted by molar-refractivity contribution is 5.67. The average Bonchev–Trinajstić information content (AvgIpc) is 1.96. The Bertz CT molecular complexity index is 216. The number of nitrogens with one attached hydrogen (secondary N) is 1. The van der Waals surface area contributed by atoms with Crippen LogP contribution in [0.4, 0.5) is 4.79 Å². The first-order valence-electron chi connectivity index (χ1n) is 4.84. The van der Waals surface area contributed by atoms with Crippen molar-refractivity contribution in [3.8, 4) is 0 Å². The SMILES string of the molecule is C=C(C)[C@H](C)CNC(=O)OC(C)(C)C. The predicted octanol–water partition coefficient (Wildman–Crippen LogP) is 2.72. The highest BCUT2D eigenvalue weighted by atomic mass is 16.6. The van der Waals surface area contributed by atoms with Crippen LogP contribution in [0.25, 0.3) is 0 Å². The maximum atomic E-state index is 11.2. The van der Waals surface area contributed by atoms with Crippen molar-refractivity contribution in [1.82, 2.24) is 5.32 Å². The van der Waals surface area contributed by atoms with Gasteiger partial charge in [0, 0.05) is 6.54 Å². The summed E-state index contributed by atoms with van der Waals surface area (Å²) in [6, 6.07) is 0. The van der Waals surface area contributed by atoms with E-state index in [-0.39, 0.29) is 12.0 Å². The van der Waals surface area contributed by atoms with E-state index in [1.165, 1.54) is 0 Å². The van der Waals surface area contributed by atoms with Crippen LogP contribution in [0.3, 0.4) is 0 Å². The van der Waals surface area contributed by atoms with Gasteiger partial charge in [0.05, 0.1) is 0 Å². The number of hydrogen-bond donors (Lipinski definition) is 1. The lowest BCUT2D eigenvalue weighted by atomic mass is 10.1. The molecule has 0 spiro atoms. The summed E-state index contributed by atoms with van der Waals surface area (Å²) in [6.07, 6.45) is -0.370. The van der Waals surface area contributed by atoms with Crippen LogP contribution >= 0.6 is 0 Å². The fraction of sp³-hybridized carbons (Fsp3) is 0.727. The van der Waals surface area contributed by atoms with Crippen LogP contribution in [-0.2, 0) is 4.74 Å². The van der Waals surface area contributed by atoms with Gasteiger partial charge in [-0.3, -0.25) is 0 Å². The van der Waals surface area contributed by atoms with E-state index >= 15 is 0 Å². The van der Waals surface area contributed by atoms with Gasteiger partial charge >= 0.3 is 6.09 Å². The number of carbonyl (C=O) groups is 1. The summed E-state index contributed by atoms with van der Waals surface area (Å²) in [5, 5.41) is 2.70. The number of ether oxygens (including phenoxy) is 1. The molecule has 0 saturated heterocycles. The maximum Gasteiger partial charge on any atom is 0.407 e. The minimum Gasteiger partial charge on any atom is -0.444 e. The number of carbonyl (C=O) groups excluding carboxylic acids is 1. The van der Waals surface area contributed by atoms with E-state index in [2.05, 4.69) is 11.9 Å². The Labute approximate surface area is 86.5 Å². The molecule has 14 heavy (non-hydrogen) atoms. The molecule has 0 aromatic carbocycles. The Morgan fingerprint density at radius 1 is 1.50 bits per heavy atom. The molecule has 0 fully saturated rings. The topological polar surface area (TPSA) is 38.3 Å². The largest absolute Gasteiger partial charge is 0.444 e. The number of amides is 1. The summed E-state index contributed by atoms with van der Waals surface area (Å²) in [5.74, 6) is 0.280. The molecule has 0 aliphatic rings. The van der Waals surface area contributed by atoms with Gasteiger partial charge in [-0.2, -0.15) is 0 Å².